The molecule has 7 nitrogen and oxygen atoms in total. The van der Waals surface area contributed by atoms with E-state index in [1.165, 1.54) is 154 Å². The molecule has 336 valence electrons. The highest BCUT2D eigenvalue weighted by Crippen LogP contribution is 2.17. The van der Waals surface area contributed by atoms with Crippen LogP contribution in [0.4, 0.5) is 0 Å². The maximum Gasteiger partial charge on any atom is 0.305 e. The normalized spacial score (nSPS) is 10.4. The van der Waals surface area contributed by atoms with E-state index in [0.717, 1.165) is 35.0 Å². The molecular formula is C49H86O7S2. The largest absolute Gasteiger partial charge is 0.508 e. The molecule has 0 aromatic heterocycles. The van der Waals surface area contributed by atoms with E-state index in [9.17, 15) is 9.59 Å². The molecule has 0 aliphatic rings. The lowest BCUT2D eigenvalue weighted by atomic mass is 10.1. The fraction of sp³-hybridized carbons (Fsp3) is 0.714. The van der Waals surface area contributed by atoms with Gasteiger partial charge < -0.3 is 24.4 Å². The van der Waals surface area contributed by atoms with Crippen molar-refractivity contribution in [3.8, 4) is 11.5 Å². The third kappa shape index (κ3) is 40.4. The molecule has 2 rings (SSSR count). The van der Waals surface area contributed by atoms with Crippen molar-refractivity contribution in [2.75, 3.05) is 50.4 Å². The van der Waals surface area contributed by atoms with Crippen molar-refractivity contribution in [2.45, 2.75) is 175 Å². The number of phenols is 1. The number of aliphatic hydroxyl groups is 1. The number of aromatic hydroxyl groups is 1. The van der Waals surface area contributed by atoms with Crippen LogP contribution in [0.25, 0.3) is 0 Å². The van der Waals surface area contributed by atoms with Gasteiger partial charge in [-0.05, 0) is 72.6 Å². The summed E-state index contributed by atoms with van der Waals surface area (Å²) in [6.07, 6.45) is 30.2. The van der Waals surface area contributed by atoms with E-state index in [0.29, 0.717) is 32.3 Å². The summed E-state index contributed by atoms with van der Waals surface area (Å²) in [4.78, 5) is 21.9. The second-order valence-electron chi connectivity index (χ2n) is 14.6. The van der Waals surface area contributed by atoms with Gasteiger partial charge in [-0.1, -0.05) is 161 Å². The van der Waals surface area contributed by atoms with E-state index in [1.54, 1.807) is 24.3 Å². The smallest absolute Gasteiger partial charge is 0.305 e. The minimum absolute atomic E-state index is 0. The quantitative estimate of drug-likeness (QED) is 0.0526. The van der Waals surface area contributed by atoms with Crippen molar-refractivity contribution in [3.63, 3.8) is 0 Å². The number of methoxy groups -OCH3 is 2. The van der Waals surface area contributed by atoms with Crippen molar-refractivity contribution < 1.29 is 34.0 Å². The minimum Gasteiger partial charge on any atom is -0.508 e. The van der Waals surface area contributed by atoms with Crippen LogP contribution in [-0.4, -0.2) is 72.6 Å². The van der Waals surface area contributed by atoms with Crippen molar-refractivity contribution in [1.82, 2.24) is 0 Å². The molecule has 2 N–H and O–H groups in total. The Morgan fingerprint density at radius 2 is 0.879 bits per heavy atom. The molecule has 2 aromatic carbocycles. The summed E-state index contributed by atoms with van der Waals surface area (Å²) < 4.78 is 15.0. The number of benzene rings is 2. The maximum absolute atomic E-state index is 11.2. The highest BCUT2D eigenvalue weighted by atomic mass is 32.2. The first-order valence-electron chi connectivity index (χ1n) is 22.3. The molecule has 58 heavy (non-hydrogen) atoms. The van der Waals surface area contributed by atoms with Crippen LogP contribution in [0.2, 0.25) is 0 Å². The number of aliphatic hydroxyl groups excluding tert-OH is 1. The van der Waals surface area contributed by atoms with Crippen LogP contribution in [-0.2, 0) is 31.9 Å². The highest BCUT2D eigenvalue weighted by Gasteiger charge is 2.03. The van der Waals surface area contributed by atoms with Crippen LogP contribution < -0.4 is 4.74 Å². The topological polar surface area (TPSA) is 102 Å². The lowest BCUT2D eigenvalue weighted by molar-refractivity contribution is -0.141. The second-order valence-corrected chi connectivity index (χ2v) is 17.1. The molecule has 2 aromatic rings. The summed E-state index contributed by atoms with van der Waals surface area (Å²) in [5, 5.41) is 17.6. The highest BCUT2D eigenvalue weighted by molar-refractivity contribution is 7.99. The van der Waals surface area contributed by atoms with E-state index >= 15 is 0 Å². The number of phenolic OH excluding ortho intramolecular Hbond substituents is 1. The second kappa shape index (κ2) is 45.7. The summed E-state index contributed by atoms with van der Waals surface area (Å²) in [7, 11) is 2.80. The molecule has 0 saturated heterocycles. The first kappa shape index (κ1) is 57.7. The molecule has 0 heterocycles. The van der Waals surface area contributed by atoms with Gasteiger partial charge in [-0.2, -0.15) is 23.5 Å². The van der Waals surface area contributed by atoms with E-state index < -0.39 is 0 Å². The molecule has 0 unspecified atom stereocenters. The number of aryl methyl sites for hydroxylation is 2. The van der Waals surface area contributed by atoms with Crippen LogP contribution in [0.5, 0.6) is 11.5 Å². The molecule has 0 bridgehead atoms. The predicted octanol–water partition coefficient (Wildman–Crippen LogP) is 13.6. The summed E-state index contributed by atoms with van der Waals surface area (Å²) in [6.45, 7) is 5.64. The molecule has 0 radical (unpaired) electrons. The van der Waals surface area contributed by atoms with E-state index in [4.69, 9.17) is 14.9 Å². The zero-order valence-corrected chi connectivity index (χ0v) is 38.2. The number of esters is 2. The van der Waals surface area contributed by atoms with Crippen molar-refractivity contribution in [2.24, 2.45) is 0 Å². The molecule has 0 aliphatic carbocycles. The Hall–Kier alpha value is -2.36. The SMILES string of the molecule is C.CCCCCCCCCCCCSCCO.CCCCCCCCCCCCSCCOc1ccc(CCC(=O)OC)cc1.COC(=O)CCc1ccc(O)cc1. The van der Waals surface area contributed by atoms with Gasteiger partial charge in [0, 0.05) is 24.3 Å². The van der Waals surface area contributed by atoms with E-state index in [2.05, 4.69) is 23.3 Å². The number of hydrogen-bond acceptors (Lipinski definition) is 9. The van der Waals surface area contributed by atoms with Crippen LogP contribution in [0.3, 0.4) is 0 Å². The van der Waals surface area contributed by atoms with Gasteiger partial charge in [0.05, 0.1) is 27.4 Å². The Kier molecular flexibility index (Phi) is 45.5. The average Bonchev–Trinajstić information content (AvgIpc) is 3.23. The summed E-state index contributed by atoms with van der Waals surface area (Å²) >= 11 is 3.87. The number of carbonyl (C=O) groups excluding carboxylic acids is 2. The molecular weight excluding hydrogens is 765 g/mol. The number of carbonyl (C=O) groups is 2. The molecule has 0 spiro atoms. The Labute approximate surface area is 365 Å². The van der Waals surface area contributed by atoms with Crippen molar-refractivity contribution >= 4 is 35.5 Å². The molecule has 0 aliphatic heterocycles. The van der Waals surface area contributed by atoms with Gasteiger partial charge in [-0.25, -0.2) is 0 Å². The number of rotatable bonds is 34. The van der Waals surface area contributed by atoms with Crippen molar-refractivity contribution in [1.29, 1.82) is 0 Å². The lowest BCUT2D eigenvalue weighted by Crippen LogP contribution is -2.02. The Morgan fingerprint density at radius 3 is 1.26 bits per heavy atom. The van der Waals surface area contributed by atoms with Crippen LogP contribution in [0, 0.1) is 0 Å². The maximum atomic E-state index is 11.2. The molecule has 0 saturated carbocycles. The van der Waals surface area contributed by atoms with Crippen molar-refractivity contribution in [3.05, 3.63) is 59.7 Å². The van der Waals surface area contributed by atoms with Gasteiger partial charge in [0.25, 0.3) is 0 Å². The Bertz CT molecular complexity index is 1130. The van der Waals surface area contributed by atoms with Gasteiger partial charge >= 0.3 is 11.9 Å². The minimum atomic E-state index is -0.215. The van der Waals surface area contributed by atoms with Gasteiger partial charge in [-0.15, -0.1) is 0 Å². The Morgan fingerprint density at radius 1 is 0.517 bits per heavy atom. The monoisotopic (exact) mass is 851 g/mol. The zero-order valence-electron chi connectivity index (χ0n) is 36.6. The lowest BCUT2D eigenvalue weighted by Gasteiger charge is -2.07. The fourth-order valence-electron chi connectivity index (χ4n) is 5.98. The third-order valence-electron chi connectivity index (χ3n) is 9.57. The Balaban J connectivity index is 0. The fourth-order valence-corrected chi connectivity index (χ4v) is 7.54. The summed E-state index contributed by atoms with van der Waals surface area (Å²) in [5.74, 6) is 5.19. The average molecular weight is 851 g/mol. The molecule has 0 atom stereocenters. The predicted molar refractivity (Wildman–Crippen MR) is 253 cm³/mol. The number of thioether (sulfide) groups is 2. The van der Waals surface area contributed by atoms with E-state index in [-0.39, 0.29) is 25.1 Å². The van der Waals surface area contributed by atoms with Gasteiger partial charge in [0.1, 0.15) is 11.5 Å². The van der Waals surface area contributed by atoms with Crippen LogP contribution in [0.15, 0.2) is 48.5 Å². The van der Waals surface area contributed by atoms with Crippen LogP contribution in [0.1, 0.15) is 174 Å². The third-order valence-corrected chi connectivity index (χ3v) is 11.6. The first-order valence-corrected chi connectivity index (χ1v) is 24.6. The number of ether oxygens (including phenoxy) is 3. The van der Waals surface area contributed by atoms with Gasteiger partial charge in [0.15, 0.2) is 0 Å². The van der Waals surface area contributed by atoms with Gasteiger partial charge in [0.2, 0.25) is 0 Å². The molecule has 9 heteroatoms. The molecule has 0 amide bonds. The summed E-state index contributed by atoms with van der Waals surface area (Å²) in [5.41, 5.74) is 2.15. The summed E-state index contributed by atoms with van der Waals surface area (Å²) in [6, 6.07) is 14.8. The number of hydrogen-bond donors (Lipinski definition) is 2. The number of unbranched alkanes of at least 4 members (excludes halogenated alkanes) is 18. The first-order chi connectivity index (χ1) is 27.9. The van der Waals surface area contributed by atoms with Gasteiger partial charge in [-0.3, -0.25) is 9.59 Å². The standard InChI is InChI=1S/C24H40O3S.C14H30OS.C10H12O3.CH4/c1-3-4-5-6-7-8-9-10-11-12-20-28-21-19-27-23-16-13-22(14-17-23)15-18-24(25)26-2;1-2-3-4-5-6-7-8-9-10-11-13-16-14-12-15;1-13-10(12)7-4-8-2-5-9(11)6-3-8;/h13-14,16-17H,3-12,15,18-21H2,1-2H3;15H,2-14H2,1H3;2-3,5-6,11H,4,7H2,1H3;1H4. The van der Waals surface area contributed by atoms with Crippen LogP contribution >= 0.6 is 23.5 Å². The van der Waals surface area contributed by atoms with E-state index in [1.807, 2.05) is 47.8 Å². The molecule has 0 fully saturated rings. The zero-order chi connectivity index (χ0) is 41.9.